The fourth-order valence-electron chi connectivity index (χ4n) is 3.49. The smallest absolute Gasteiger partial charge is 0.308 e. The lowest BCUT2D eigenvalue weighted by atomic mass is 9.90. The summed E-state index contributed by atoms with van der Waals surface area (Å²) in [5.41, 5.74) is 1.31. The van der Waals surface area contributed by atoms with Crippen molar-refractivity contribution >= 4 is 23.2 Å². The van der Waals surface area contributed by atoms with Gasteiger partial charge in [0.15, 0.2) is 0 Å². The van der Waals surface area contributed by atoms with Crippen LogP contribution in [-0.4, -0.2) is 23.0 Å². The highest BCUT2D eigenvalue weighted by Gasteiger charge is 2.34. The number of carboxylic acid groups (broad SMARTS) is 1. The zero-order chi connectivity index (χ0) is 15.0. The van der Waals surface area contributed by atoms with Crippen molar-refractivity contribution in [2.75, 3.05) is 0 Å². The van der Waals surface area contributed by atoms with E-state index in [2.05, 4.69) is 12.2 Å². The zero-order valence-electron chi connectivity index (χ0n) is 12.2. The molecule has 1 unspecified atom stereocenters. The van der Waals surface area contributed by atoms with Crippen LogP contribution >= 0.6 is 11.3 Å². The molecule has 1 saturated carbocycles. The van der Waals surface area contributed by atoms with Crippen molar-refractivity contribution in [2.24, 2.45) is 11.8 Å². The molecular weight excluding hydrogens is 286 g/mol. The molecule has 0 radical (unpaired) electrons. The molecule has 114 valence electrons. The maximum absolute atomic E-state index is 12.4. The lowest BCUT2D eigenvalue weighted by molar-refractivity contribution is -0.142. The standard InChI is InChI=1S/C16H21NO3S/c1-9-5-6-13-10(7-9)8-14(21-13)15(18)17-12-4-2-3-11(12)16(19)20/h8-9,11-12H,2-7H2,1H3,(H,17,18)(H,19,20)/t9?,11-,12+/m0/s1. The van der Waals surface area contributed by atoms with Crippen LogP contribution in [0.5, 0.6) is 0 Å². The van der Waals surface area contributed by atoms with Gasteiger partial charge in [-0.3, -0.25) is 9.59 Å². The number of aliphatic carboxylic acids is 1. The van der Waals surface area contributed by atoms with Crippen LogP contribution in [0.1, 0.15) is 52.7 Å². The van der Waals surface area contributed by atoms with E-state index in [1.54, 1.807) is 11.3 Å². The van der Waals surface area contributed by atoms with Gasteiger partial charge in [0.25, 0.3) is 5.91 Å². The minimum absolute atomic E-state index is 0.0970. The number of carbonyl (C=O) groups is 2. The van der Waals surface area contributed by atoms with Crippen LogP contribution in [0.2, 0.25) is 0 Å². The van der Waals surface area contributed by atoms with Gasteiger partial charge in [-0.2, -0.15) is 0 Å². The number of rotatable bonds is 3. The van der Waals surface area contributed by atoms with Gasteiger partial charge < -0.3 is 10.4 Å². The molecule has 0 bridgehead atoms. The zero-order valence-corrected chi connectivity index (χ0v) is 13.0. The van der Waals surface area contributed by atoms with Gasteiger partial charge in [-0.1, -0.05) is 13.3 Å². The number of nitrogens with one attached hydrogen (secondary N) is 1. The molecule has 0 saturated heterocycles. The Morgan fingerprint density at radius 3 is 2.90 bits per heavy atom. The molecular formula is C16H21NO3S. The first-order valence-corrected chi connectivity index (χ1v) is 8.51. The Labute approximate surface area is 128 Å². The second-order valence-corrected chi connectivity index (χ2v) is 7.50. The summed E-state index contributed by atoms with van der Waals surface area (Å²) in [5.74, 6) is -0.630. The van der Waals surface area contributed by atoms with E-state index in [4.69, 9.17) is 0 Å². The molecule has 2 N–H and O–H groups in total. The van der Waals surface area contributed by atoms with Gasteiger partial charge in [0, 0.05) is 10.9 Å². The van der Waals surface area contributed by atoms with Crippen LogP contribution in [-0.2, 0) is 17.6 Å². The highest BCUT2D eigenvalue weighted by Crippen LogP contribution is 2.33. The third-order valence-corrected chi connectivity index (χ3v) is 5.94. The molecule has 21 heavy (non-hydrogen) atoms. The average Bonchev–Trinajstić information content (AvgIpc) is 3.04. The Bertz CT molecular complexity index is 566. The number of aryl methyl sites for hydroxylation is 1. The number of hydrogen-bond donors (Lipinski definition) is 2. The van der Waals surface area contributed by atoms with Crippen molar-refractivity contribution in [1.82, 2.24) is 5.32 Å². The van der Waals surface area contributed by atoms with Gasteiger partial charge >= 0.3 is 5.97 Å². The van der Waals surface area contributed by atoms with Crippen molar-refractivity contribution in [3.8, 4) is 0 Å². The van der Waals surface area contributed by atoms with Gasteiger partial charge in [-0.05, 0) is 49.7 Å². The van der Waals surface area contributed by atoms with Crippen LogP contribution in [0, 0.1) is 11.8 Å². The first-order valence-electron chi connectivity index (χ1n) is 7.70. The summed E-state index contributed by atoms with van der Waals surface area (Å²) >= 11 is 1.58. The summed E-state index contributed by atoms with van der Waals surface area (Å²) in [5, 5.41) is 12.1. The number of amides is 1. The lowest BCUT2D eigenvalue weighted by Crippen LogP contribution is -2.39. The van der Waals surface area contributed by atoms with Crippen LogP contribution in [0.3, 0.4) is 0 Å². The SMILES string of the molecule is CC1CCc2sc(C(=O)N[C@@H]3CCC[C@@H]3C(=O)O)cc2C1. The van der Waals surface area contributed by atoms with Crippen molar-refractivity contribution in [3.05, 3.63) is 21.4 Å². The molecule has 3 atom stereocenters. The topological polar surface area (TPSA) is 66.4 Å². The number of fused-ring (bicyclic) bond motifs is 1. The van der Waals surface area contributed by atoms with Crippen LogP contribution in [0.15, 0.2) is 6.07 Å². The summed E-state index contributed by atoms with van der Waals surface area (Å²) in [4.78, 5) is 25.6. The van der Waals surface area contributed by atoms with Gasteiger partial charge in [-0.15, -0.1) is 11.3 Å². The second-order valence-electron chi connectivity index (χ2n) is 6.36. The minimum atomic E-state index is -0.794. The predicted molar refractivity (Wildman–Crippen MR) is 81.7 cm³/mol. The fraction of sp³-hybridized carbons (Fsp3) is 0.625. The molecule has 2 aliphatic carbocycles. The van der Waals surface area contributed by atoms with Crippen molar-refractivity contribution < 1.29 is 14.7 Å². The van der Waals surface area contributed by atoms with Crippen LogP contribution in [0.4, 0.5) is 0 Å². The molecule has 1 amide bonds. The van der Waals surface area contributed by atoms with Crippen molar-refractivity contribution in [2.45, 2.75) is 51.5 Å². The summed E-state index contributed by atoms with van der Waals surface area (Å²) in [6, 6.07) is 1.79. The summed E-state index contributed by atoms with van der Waals surface area (Å²) in [6.07, 6.45) is 5.62. The highest BCUT2D eigenvalue weighted by atomic mass is 32.1. The molecule has 0 spiro atoms. The molecule has 1 aromatic rings. The van der Waals surface area contributed by atoms with E-state index in [9.17, 15) is 14.7 Å². The normalized spacial score (nSPS) is 28.1. The van der Waals surface area contributed by atoms with E-state index in [0.717, 1.165) is 30.6 Å². The maximum atomic E-state index is 12.4. The second kappa shape index (κ2) is 5.79. The van der Waals surface area contributed by atoms with E-state index < -0.39 is 11.9 Å². The molecule has 0 aromatic carbocycles. The number of thiophene rings is 1. The van der Waals surface area contributed by atoms with Gasteiger partial charge in [-0.25, -0.2) is 0 Å². The molecule has 1 fully saturated rings. The third-order valence-electron chi connectivity index (χ3n) is 4.70. The van der Waals surface area contributed by atoms with E-state index >= 15 is 0 Å². The van der Waals surface area contributed by atoms with Crippen LogP contribution in [0.25, 0.3) is 0 Å². The monoisotopic (exact) mass is 307 g/mol. The van der Waals surface area contributed by atoms with Gasteiger partial charge in [0.1, 0.15) is 0 Å². The Morgan fingerprint density at radius 1 is 1.33 bits per heavy atom. The first-order chi connectivity index (χ1) is 10.0. The van der Waals surface area contributed by atoms with Gasteiger partial charge in [0.2, 0.25) is 0 Å². The number of carboxylic acids is 1. The number of hydrogen-bond acceptors (Lipinski definition) is 3. The highest BCUT2D eigenvalue weighted by molar-refractivity contribution is 7.14. The maximum Gasteiger partial charge on any atom is 0.308 e. The molecule has 1 aromatic heterocycles. The van der Waals surface area contributed by atoms with Crippen LogP contribution < -0.4 is 5.32 Å². The van der Waals surface area contributed by atoms with Gasteiger partial charge in [0.05, 0.1) is 10.8 Å². The molecule has 3 rings (SSSR count). The summed E-state index contributed by atoms with van der Waals surface area (Å²) in [6.45, 7) is 2.25. The molecule has 1 heterocycles. The Morgan fingerprint density at radius 2 is 2.14 bits per heavy atom. The summed E-state index contributed by atoms with van der Waals surface area (Å²) in [7, 11) is 0. The molecule has 5 heteroatoms. The Balaban J connectivity index is 1.70. The van der Waals surface area contributed by atoms with E-state index in [1.165, 1.54) is 16.9 Å². The predicted octanol–water partition coefficient (Wildman–Crippen LogP) is 2.86. The summed E-state index contributed by atoms with van der Waals surface area (Å²) < 4.78 is 0. The molecule has 2 aliphatic rings. The fourth-order valence-corrected chi connectivity index (χ4v) is 4.60. The average molecular weight is 307 g/mol. The van der Waals surface area contributed by atoms with E-state index in [-0.39, 0.29) is 11.9 Å². The molecule has 4 nitrogen and oxygen atoms in total. The third kappa shape index (κ3) is 2.98. The number of carbonyl (C=O) groups excluding carboxylic acids is 1. The minimum Gasteiger partial charge on any atom is -0.481 e. The van der Waals surface area contributed by atoms with Crippen molar-refractivity contribution in [1.29, 1.82) is 0 Å². The van der Waals surface area contributed by atoms with E-state index in [0.29, 0.717) is 12.3 Å². The Hall–Kier alpha value is -1.36. The quantitative estimate of drug-likeness (QED) is 0.902. The Kier molecular flexibility index (Phi) is 4.02. The molecule has 0 aliphatic heterocycles. The first kappa shape index (κ1) is 14.6. The largest absolute Gasteiger partial charge is 0.481 e. The van der Waals surface area contributed by atoms with E-state index in [1.807, 2.05) is 6.07 Å². The lowest BCUT2D eigenvalue weighted by Gasteiger charge is -2.16. The van der Waals surface area contributed by atoms with Crippen molar-refractivity contribution in [3.63, 3.8) is 0 Å².